The number of halogens is 1. The zero-order valence-electron chi connectivity index (χ0n) is 13.6. The van der Waals surface area contributed by atoms with E-state index < -0.39 is 0 Å². The zero-order valence-corrected chi connectivity index (χ0v) is 16.0. The second-order valence-electron chi connectivity index (χ2n) is 5.49. The first-order valence-corrected chi connectivity index (χ1v) is 9.90. The number of hydrogen-bond acceptors (Lipinski definition) is 5. The van der Waals surface area contributed by atoms with Gasteiger partial charge in [0.15, 0.2) is 0 Å². The number of amides is 3. The molecule has 1 aromatic heterocycles. The van der Waals surface area contributed by atoms with E-state index in [9.17, 15) is 14.4 Å². The maximum atomic E-state index is 12.4. The number of thiophene rings is 1. The van der Waals surface area contributed by atoms with Crippen molar-refractivity contribution in [3.05, 3.63) is 62.1 Å². The molecule has 1 aromatic carbocycles. The van der Waals surface area contributed by atoms with E-state index in [4.69, 9.17) is 11.6 Å². The van der Waals surface area contributed by atoms with Crippen LogP contribution >= 0.6 is 34.7 Å². The van der Waals surface area contributed by atoms with E-state index in [0.29, 0.717) is 16.3 Å². The first-order valence-electron chi connectivity index (χ1n) is 7.83. The Hall–Kier alpha value is -2.09. The number of carbonyl (C=O) groups is 3. The molecule has 1 fully saturated rings. The monoisotopic (exact) mass is 406 g/mol. The quantitative estimate of drug-likeness (QED) is 0.741. The van der Waals surface area contributed by atoms with Gasteiger partial charge < -0.3 is 5.32 Å². The molecule has 1 saturated heterocycles. The van der Waals surface area contributed by atoms with Gasteiger partial charge in [0.1, 0.15) is 0 Å². The van der Waals surface area contributed by atoms with Crippen molar-refractivity contribution >= 4 is 57.8 Å². The lowest BCUT2D eigenvalue weighted by Crippen LogP contribution is -2.37. The molecule has 2 aromatic rings. The molecular weight excluding hydrogens is 392 g/mol. The van der Waals surface area contributed by atoms with Gasteiger partial charge in [0.25, 0.3) is 11.1 Å². The Labute approximate surface area is 164 Å². The lowest BCUT2D eigenvalue weighted by atomic mass is 10.2. The van der Waals surface area contributed by atoms with Crippen LogP contribution in [0.25, 0.3) is 6.08 Å². The van der Waals surface area contributed by atoms with Crippen molar-refractivity contribution < 1.29 is 14.4 Å². The molecule has 0 radical (unpaired) electrons. The van der Waals surface area contributed by atoms with Crippen LogP contribution in [-0.4, -0.2) is 35.0 Å². The lowest BCUT2D eigenvalue weighted by Gasteiger charge is -2.12. The van der Waals surface area contributed by atoms with Crippen molar-refractivity contribution in [1.82, 2.24) is 10.2 Å². The number of hydrogen-bond donors (Lipinski definition) is 1. The minimum Gasteiger partial charge on any atom is -0.354 e. The third-order valence-corrected chi connectivity index (χ3v) is 5.65. The van der Waals surface area contributed by atoms with Crippen LogP contribution in [0.2, 0.25) is 5.02 Å². The summed E-state index contributed by atoms with van der Waals surface area (Å²) in [4.78, 5) is 38.8. The summed E-state index contributed by atoms with van der Waals surface area (Å²) in [6.45, 7) is 0.384. The molecule has 5 nitrogen and oxygen atoms in total. The molecule has 134 valence electrons. The number of thioether (sulfide) groups is 1. The molecule has 3 rings (SSSR count). The predicted octanol–water partition coefficient (Wildman–Crippen LogP) is 3.80. The fourth-order valence-electron chi connectivity index (χ4n) is 2.34. The second-order valence-corrected chi connectivity index (χ2v) is 7.95. The first kappa shape index (κ1) is 18.7. The van der Waals surface area contributed by atoms with Gasteiger partial charge in [0, 0.05) is 23.0 Å². The van der Waals surface area contributed by atoms with Gasteiger partial charge in [-0.2, -0.15) is 0 Å². The summed E-state index contributed by atoms with van der Waals surface area (Å²) in [6.07, 6.45) is 1.96. The molecular formula is C18H15ClN2O3S2. The standard InChI is InChI=1S/C18H15ClN2O3S2/c19-13-5-3-12(4-6-13)10-15-17(23)21(18(24)26-15)8-7-20-16(22)11-14-2-1-9-25-14/h1-6,9-10H,7-8,11H2,(H,20,22). The molecule has 0 spiro atoms. The van der Waals surface area contributed by atoms with E-state index in [1.54, 1.807) is 30.3 Å². The largest absolute Gasteiger partial charge is 0.354 e. The number of nitrogens with one attached hydrogen (secondary N) is 1. The van der Waals surface area contributed by atoms with E-state index in [-0.39, 0.29) is 30.1 Å². The Morgan fingerprint density at radius 2 is 1.96 bits per heavy atom. The Kier molecular flexibility index (Phi) is 6.13. The van der Waals surface area contributed by atoms with Crippen LogP contribution in [0.15, 0.2) is 46.7 Å². The van der Waals surface area contributed by atoms with Crippen LogP contribution in [0, 0.1) is 0 Å². The van der Waals surface area contributed by atoms with Crippen LogP contribution in [0.3, 0.4) is 0 Å². The average molecular weight is 407 g/mol. The van der Waals surface area contributed by atoms with E-state index in [0.717, 1.165) is 27.1 Å². The van der Waals surface area contributed by atoms with E-state index >= 15 is 0 Å². The molecule has 26 heavy (non-hydrogen) atoms. The smallest absolute Gasteiger partial charge is 0.293 e. The molecule has 1 aliphatic rings. The van der Waals surface area contributed by atoms with E-state index in [2.05, 4.69) is 5.32 Å². The topological polar surface area (TPSA) is 66.5 Å². The highest BCUT2D eigenvalue weighted by Crippen LogP contribution is 2.32. The van der Waals surface area contributed by atoms with Crippen molar-refractivity contribution in [2.45, 2.75) is 6.42 Å². The van der Waals surface area contributed by atoms with Gasteiger partial charge in [-0.15, -0.1) is 11.3 Å². The van der Waals surface area contributed by atoms with Crippen LogP contribution in [0.5, 0.6) is 0 Å². The zero-order chi connectivity index (χ0) is 18.5. The highest BCUT2D eigenvalue weighted by Gasteiger charge is 2.34. The fraction of sp³-hybridized carbons (Fsp3) is 0.167. The van der Waals surface area contributed by atoms with Gasteiger partial charge in [-0.3, -0.25) is 19.3 Å². The number of nitrogens with zero attached hydrogens (tertiary/aromatic N) is 1. The lowest BCUT2D eigenvalue weighted by molar-refractivity contribution is -0.124. The molecule has 0 aliphatic carbocycles. The summed E-state index contributed by atoms with van der Waals surface area (Å²) in [5, 5.41) is 4.92. The maximum Gasteiger partial charge on any atom is 0.293 e. The summed E-state index contributed by atoms with van der Waals surface area (Å²) < 4.78 is 0. The Balaban J connectivity index is 1.54. The molecule has 8 heteroatoms. The first-order chi connectivity index (χ1) is 12.5. The number of imide groups is 1. The van der Waals surface area contributed by atoms with Crippen molar-refractivity contribution in [2.75, 3.05) is 13.1 Å². The van der Waals surface area contributed by atoms with Gasteiger partial charge >= 0.3 is 0 Å². The van der Waals surface area contributed by atoms with E-state index in [1.807, 2.05) is 17.5 Å². The molecule has 0 atom stereocenters. The molecule has 1 aliphatic heterocycles. The van der Waals surface area contributed by atoms with Crippen molar-refractivity contribution in [3.8, 4) is 0 Å². The molecule has 0 unspecified atom stereocenters. The second kappa shape index (κ2) is 8.53. The van der Waals surface area contributed by atoms with E-state index in [1.165, 1.54) is 11.3 Å². The predicted molar refractivity (Wildman–Crippen MR) is 105 cm³/mol. The van der Waals surface area contributed by atoms with Crippen molar-refractivity contribution in [3.63, 3.8) is 0 Å². The number of carbonyl (C=O) groups excluding carboxylic acids is 3. The Morgan fingerprint density at radius 3 is 2.65 bits per heavy atom. The number of rotatable bonds is 6. The van der Waals surface area contributed by atoms with Crippen LogP contribution in [-0.2, 0) is 16.0 Å². The third kappa shape index (κ3) is 4.75. The number of benzene rings is 1. The van der Waals surface area contributed by atoms with Crippen LogP contribution in [0.1, 0.15) is 10.4 Å². The maximum absolute atomic E-state index is 12.4. The average Bonchev–Trinajstić information content (AvgIpc) is 3.20. The van der Waals surface area contributed by atoms with Gasteiger partial charge in [-0.1, -0.05) is 29.8 Å². The SMILES string of the molecule is O=C(Cc1cccs1)NCCN1C(=O)SC(=Cc2ccc(Cl)cc2)C1=O. The minimum atomic E-state index is -0.345. The normalized spacial score (nSPS) is 15.7. The Morgan fingerprint density at radius 1 is 1.19 bits per heavy atom. The summed E-state index contributed by atoms with van der Waals surface area (Å²) in [5.74, 6) is -0.474. The van der Waals surface area contributed by atoms with Crippen molar-refractivity contribution in [2.24, 2.45) is 0 Å². The molecule has 2 heterocycles. The van der Waals surface area contributed by atoms with Gasteiger partial charge in [-0.25, -0.2) is 0 Å². The highest BCUT2D eigenvalue weighted by atomic mass is 35.5. The molecule has 0 bridgehead atoms. The van der Waals surface area contributed by atoms with Crippen molar-refractivity contribution in [1.29, 1.82) is 0 Å². The molecule has 1 N–H and O–H groups in total. The van der Waals surface area contributed by atoms with Crippen LogP contribution in [0.4, 0.5) is 4.79 Å². The summed E-state index contributed by atoms with van der Waals surface area (Å²) >= 11 is 8.25. The Bertz CT molecular complexity index is 848. The van der Waals surface area contributed by atoms with Gasteiger partial charge in [-0.05, 0) is 47.0 Å². The highest BCUT2D eigenvalue weighted by molar-refractivity contribution is 8.18. The minimum absolute atomic E-state index is 0.129. The fourth-order valence-corrected chi connectivity index (χ4v) is 4.04. The summed E-state index contributed by atoms with van der Waals surface area (Å²) in [7, 11) is 0. The van der Waals surface area contributed by atoms with Gasteiger partial charge in [0.2, 0.25) is 5.91 Å². The third-order valence-electron chi connectivity index (χ3n) is 3.61. The molecule has 3 amide bonds. The summed E-state index contributed by atoms with van der Waals surface area (Å²) in [6, 6.07) is 10.8. The summed E-state index contributed by atoms with van der Waals surface area (Å²) in [5.41, 5.74) is 0.796. The molecule has 0 saturated carbocycles. The van der Waals surface area contributed by atoms with Gasteiger partial charge in [0.05, 0.1) is 11.3 Å². The van der Waals surface area contributed by atoms with Crippen LogP contribution < -0.4 is 5.32 Å².